The maximum atomic E-state index is 12.3. The monoisotopic (exact) mass is 319 g/mol. The van der Waals surface area contributed by atoms with E-state index in [9.17, 15) is 9.59 Å². The van der Waals surface area contributed by atoms with E-state index >= 15 is 0 Å². The van der Waals surface area contributed by atoms with Crippen molar-refractivity contribution in [1.82, 2.24) is 4.90 Å². The minimum absolute atomic E-state index is 0.197. The van der Waals surface area contributed by atoms with Crippen molar-refractivity contribution in [2.75, 3.05) is 13.7 Å². The summed E-state index contributed by atoms with van der Waals surface area (Å²) in [5.74, 6) is 0.267. The van der Waals surface area contributed by atoms with Crippen molar-refractivity contribution < 1.29 is 19.4 Å². The SMILES string of the molecule is CN(Cc1ccc(OCC(=O)O)cc1)C(=O)CC1CCCCC1. The molecule has 0 aromatic heterocycles. The number of benzene rings is 1. The van der Waals surface area contributed by atoms with Gasteiger partial charge in [-0.1, -0.05) is 31.4 Å². The van der Waals surface area contributed by atoms with E-state index in [1.165, 1.54) is 32.1 Å². The van der Waals surface area contributed by atoms with Gasteiger partial charge in [-0.05, 0) is 36.5 Å². The molecule has 0 bridgehead atoms. The lowest BCUT2D eigenvalue weighted by molar-refractivity contribution is -0.139. The van der Waals surface area contributed by atoms with E-state index in [0.29, 0.717) is 24.6 Å². The lowest BCUT2D eigenvalue weighted by atomic mass is 9.86. The van der Waals surface area contributed by atoms with Crippen LogP contribution < -0.4 is 4.74 Å². The van der Waals surface area contributed by atoms with Gasteiger partial charge in [0, 0.05) is 20.0 Å². The molecule has 23 heavy (non-hydrogen) atoms. The molecule has 0 aliphatic heterocycles. The minimum atomic E-state index is -0.998. The van der Waals surface area contributed by atoms with Crippen molar-refractivity contribution in [3.63, 3.8) is 0 Å². The summed E-state index contributed by atoms with van der Waals surface area (Å²) in [6.45, 7) is 0.212. The fourth-order valence-corrected chi connectivity index (χ4v) is 2.99. The van der Waals surface area contributed by atoms with E-state index in [0.717, 1.165) is 5.56 Å². The molecule has 5 heteroatoms. The number of hydrogen-bond donors (Lipinski definition) is 1. The van der Waals surface area contributed by atoms with Gasteiger partial charge in [-0.15, -0.1) is 0 Å². The van der Waals surface area contributed by atoms with Crippen molar-refractivity contribution in [2.45, 2.75) is 45.1 Å². The third kappa shape index (κ3) is 5.93. The van der Waals surface area contributed by atoms with Crippen LogP contribution in [0.15, 0.2) is 24.3 Å². The largest absolute Gasteiger partial charge is 0.482 e. The van der Waals surface area contributed by atoms with Gasteiger partial charge in [-0.2, -0.15) is 0 Å². The normalized spacial score (nSPS) is 15.2. The third-order valence-corrected chi connectivity index (χ3v) is 4.32. The standard InChI is InChI=1S/C18H25NO4/c1-19(17(20)11-14-5-3-2-4-6-14)12-15-7-9-16(10-8-15)23-13-18(21)22/h7-10,14H,2-6,11-13H2,1H3,(H,21,22). The molecule has 1 aliphatic carbocycles. The first-order valence-corrected chi connectivity index (χ1v) is 8.22. The summed E-state index contributed by atoms with van der Waals surface area (Å²) in [6.07, 6.45) is 6.80. The van der Waals surface area contributed by atoms with Crippen molar-refractivity contribution in [2.24, 2.45) is 5.92 Å². The van der Waals surface area contributed by atoms with Crippen molar-refractivity contribution in [3.05, 3.63) is 29.8 Å². The molecular formula is C18H25NO4. The van der Waals surface area contributed by atoms with Crippen LogP contribution in [0.3, 0.4) is 0 Å². The smallest absolute Gasteiger partial charge is 0.341 e. The highest BCUT2D eigenvalue weighted by Crippen LogP contribution is 2.27. The Hall–Kier alpha value is -2.04. The molecule has 0 heterocycles. The molecule has 0 spiro atoms. The van der Waals surface area contributed by atoms with Gasteiger partial charge in [0.25, 0.3) is 0 Å². The highest BCUT2D eigenvalue weighted by Gasteiger charge is 2.19. The predicted molar refractivity (Wildman–Crippen MR) is 87.2 cm³/mol. The highest BCUT2D eigenvalue weighted by molar-refractivity contribution is 5.76. The van der Waals surface area contributed by atoms with Gasteiger partial charge >= 0.3 is 5.97 Å². The Morgan fingerprint density at radius 1 is 1.17 bits per heavy atom. The van der Waals surface area contributed by atoms with Crippen molar-refractivity contribution in [1.29, 1.82) is 0 Å². The Kier molecular flexibility index (Phi) is 6.44. The Balaban J connectivity index is 1.80. The van der Waals surface area contributed by atoms with E-state index in [1.54, 1.807) is 17.0 Å². The first-order chi connectivity index (χ1) is 11.0. The Bertz CT molecular complexity index is 520. The summed E-state index contributed by atoms with van der Waals surface area (Å²) in [5, 5.41) is 8.57. The molecule has 1 saturated carbocycles. The fourth-order valence-electron chi connectivity index (χ4n) is 2.99. The van der Waals surface area contributed by atoms with Crippen LogP contribution in [-0.2, 0) is 16.1 Å². The minimum Gasteiger partial charge on any atom is -0.482 e. The molecule has 1 fully saturated rings. The number of carbonyl (C=O) groups excluding carboxylic acids is 1. The number of hydrogen-bond acceptors (Lipinski definition) is 3. The second-order valence-corrected chi connectivity index (χ2v) is 6.28. The van der Waals surface area contributed by atoms with Gasteiger partial charge < -0.3 is 14.7 Å². The van der Waals surface area contributed by atoms with E-state index in [-0.39, 0.29) is 12.5 Å². The van der Waals surface area contributed by atoms with Gasteiger partial charge in [-0.25, -0.2) is 4.79 Å². The predicted octanol–water partition coefficient (Wildman–Crippen LogP) is 3.08. The number of nitrogens with zero attached hydrogens (tertiary/aromatic N) is 1. The maximum absolute atomic E-state index is 12.3. The summed E-state index contributed by atoms with van der Waals surface area (Å²) in [5.41, 5.74) is 1.01. The first kappa shape index (κ1) is 17.3. The summed E-state index contributed by atoms with van der Waals surface area (Å²) in [7, 11) is 1.83. The number of carboxylic acids is 1. The number of carbonyl (C=O) groups is 2. The van der Waals surface area contributed by atoms with Crippen LogP contribution in [-0.4, -0.2) is 35.5 Å². The van der Waals surface area contributed by atoms with Crippen LogP contribution in [0.1, 0.15) is 44.1 Å². The Morgan fingerprint density at radius 3 is 2.43 bits per heavy atom. The molecule has 1 N–H and O–H groups in total. The van der Waals surface area contributed by atoms with Gasteiger partial charge in [0.05, 0.1) is 0 Å². The zero-order chi connectivity index (χ0) is 16.7. The van der Waals surface area contributed by atoms with E-state index < -0.39 is 5.97 Å². The molecular weight excluding hydrogens is 294 g/mol. The lowest BCUT2D eigenvalue weighted by Gasteiger charge is -2.24. The average molecular weight is 319 g/mol. The molecule has 0 unspecified atom stereocenters. The van der Waals surface area contributed by atoms with Crippen LogP contribution in [0.2, 0.25) is 0 Å². The molecule has 126 valence electrons. The second-order valence-electron chi connectivity index (χ2n) is 6.28. The van der Waals surface area contributed by atoms with Gasteiger partial charge in [0.1, 0.15) is 5.75 Å². The summed E-state index contributed by atoms with van der Waals surface area (Å²) in [6, 6.07) is 7.19. The lowest BCUT2D eigenvalue weighted by Crippen LogP contribution is -2.28. The molecule has 0 radical (unpaired) electrons. The molecule has 1 aliphatic rings. The van der Waals surface area contributed by atoms with Crippen LogP contribution in [0.4, 0.5) is 0 Å². The molecule has 5 nitrogen and oxygen atoms in total. The number of aliphatic carboxylic acids is 1. The van der Waals surface area contributed by atoms with Gasteiger partial charge in [-0.3, -0.25) is 4.79 Å². The average Bonchev–Trinajstić information content (AvgIpc) is 2.55. The van der Waals surface area contributed by atoms with Crippen LogP contribution in [0.5, 0.6) is 5.75 Å². The second kappa shape index (κ2) is 8.56. The number of carboxylic acid groups (broad SMARTS) is 1. The number of rotatable bonds is 7. The van der Waals surface area contributed by atoms with E-state index in [1.807, 2.05) is 19.2 Å². The van der Waals surface area contributed by atoms with Gasteiger partial charge in [0.15, 0.2) is 6.61 Å². The van der Waals surface area contributed by atoms with Crippen LogP contribution in [0.25, 0.3) is 0 Å². The quantitative estimate of drug-likeness (QED) is 0.838. The van der Waals surface area contributed by atoms with Crippen LogP contribution in [0, 0.1) is 5.92 Å². The Morgan fingerprint density at radius 2 is 1.83 bits per heavy atom. The van der Waals surface area contributed by atoms with Crippen molar-refractivity contribution >= 4 is 11.9 Å². The maximum Gasteiger partial charge on any atom is 0.341 e. The van der Waals surface area contributed by atoms with Crippen LogP contribution >= 0.6 is 0 Å². The molecule has 1 aromatic carbocycles. The molecule has 1 aromatic rings. The first-order valence-electron chi connectivity index (χ1n) is 8.22. The van der Waals surface area contributed by atoms with Gasteiger partial charge in [0.2, 0.25) is 5.91 Å². The molecule has 2 rings (SSSR count). The molecule has 0 saturated heterocycles. The Labute approximate surface area is 137 Å². The third-order valence-electron chi connectivity index (χ3n) is 4.32. The zero-order valence-electron chi connectivity index (χ0n) is 13.7. The summed E-state index contributed by atoms with van der Waals surface area (Å²) in [4.78, 5) is 24.5. The number of amides is 1. The van der Waals surface area contributed by atoms with E-state index in [2.05, 4.69) is 0 Å². The van der Waals surface area contributed by atoms with E-state index in [4.69, 9.17) is 9.84 Å². The zero-order valence-corrected chi connectivity index (χ0v) is 13.7. The summed E-state index contributed by atoms with van der Waals surface area (Å²) >= 11 is 0. The number of ether oxygens (including phenoxy) is 1. The van der Waals surface area contributed by atoms with Crippen molar-refractivity contribution in [3.8, 4) is 5.75 Å². The topological polar surface area (TPSA) is 66.8 Å². The summed E-state index contributed by atoms with van der Waals surface area (Å²) < 4.78 is 5.10. The molecule has 0 atom stereocenters. The molecule has 1 amide bonds. The highest BCUT2D eigenvalue weighted by atomic mass is 16.5. The fraction of sp³-hybridized carbons (Fsp3) is 0.556.